The van der Waals surface area contributed by atoms with Crippen LogP contribution in [0.3, 0.4) is 0 Å². The van der Waals surface area contributed by atoms with Gasteiger partial charge in [-0.05, 0) is 243 Å². The first-order chi connectivity index (χ1) is 54.9. The Morgan fingerprint density at radius 2 is 0.873 bits per heavy atom. The van der Waals surface area contributed by atoms with Crippen LogP contribution in [0.15, 0.2) is 156 Å². The number of halogens is 10. The van der Waals surface area contributed by atoms with Crippen molar-refractivity contribution in [3.05, 3.63) is 212 Å². The third-order valence-electron chi connectivity index (χ3n) is 22.5. The topological polar surface area (TPSA) is 276 Å². The van der Waals surface area contributed by atoms with Crippen molar-refractivity contribution in [2.75, 3.05) is 13.2 Å². The van der Waals surface area contributed by atoms with Gasteiger partial charge in [-0.25, -0.2) is 9.59 Å². The molecule has 6 N–H and O–H groups in total. The normalized spacial score (nSPS) is 19.8. The van der Waals surface area contributed by atoms with Gasteiger partial charge in [-0.1, -0.05) is 120 Å². The zero-order chi connectivity index (χ0) is 86.7. The minimum absolute atomic E-state index is 0. The van der Waals surface area contributed by atoms with Crippen LogP contribution in [0.2, 0.25) is 0 Å². The Bertz CT molecular complexity index is 4440. The average Bonchev–Trinajstić information content (AvgIpc) is 1.59. The largest absolute Gasteiger partial charge is 0.481 e. The zero-order valence-electron chi connectivity index (χ0n) is 68.5. The van der Waals surface area contributed by atoms with Crippen LogP contribution >= 0.6 is 12.4 Å². The summed E-state index contributed by atoms with van der Waals surface area (Å²) in [5.41, 5.74) is 6.34. The Morgan fingerprint density at radius 3 is 1.23 bits per heavy atom. The minimum Gasteiger partial charge on any atom is -0.481 e. The predicted octanol–water partition coefficient (Wildman–Crippen LogP) is 19.4. The summed E-state index contributed by atoms with van der Waals surface area (Å²) >= 11 is 0. The molecule has 0 saturated heterocycles. The lowest BCUT2D eigenvalue weighted by Crippen LogP contribution is -2.54. The fourth-order valence-electron chi connectivity index (χ4n) is 15.7. The van der Waals surface area contributed by atoms with Gasteiger partial charge >= 0.3 is 42.4 Å². The van der Waals surface area contributed by atoms with Crippen molar-refractivity contribution in [3.63, 3.8) is 0 Å². The maximum Gasteiger partial charge on any atom is 0.416 e. The van der Waals surface area contributed by atoms with Crippen LogP contribution in [0.4, 0.5) is 39.5 Å². The lowest BCUT2D eigenvalue weighted by Gasteiger charge is -2.45. The molecule has 2 aliphatic heterocycles. The Morgan fingerprint density at radius 1 is 0.508 bits per heavy atom. The van der Waals surface area contributed by atoms with Crippen molar-refractivity contribution in [1.29, 1.82) is 0 Å². The van der Waals surface area contributed by atoms with Crippen LogP contribution in [-0.4, -0.2) is 127 Å². The van der Waals surface area contributed by atoms with Gasteiger partial charge in [0.1, 0.15) is 28.5 Å². The molecule has 28 heteroatoms. The summed E-state index contributed by atoms with van der Waals surface area (Å²) < 4.78 is 122. The lowest BCUT2D eigenvalue weighted by molar-refractivity contribution is -0.140. The van der Waals surface area contributed by atoms with Gasteiger partial charge in [0.15, 0.2) is 0 Å². The quantitative estimate of drug-likeness (QED) is 0.0313. The summed E-state index contributed by atoms with van der Waals surface area (Å²) in [6.45, 7) is 22.6. The van der Waals surface area contributed by atoms with Gasteiger partial charge < -0.3 is 40.9 Å². The molecule has 5 aliphatic rings. The van der Waals surface area contributed by atoms with Crippen molar-refractivity contribution in [3.8, 4) is 0 Å². The van der Waals surface area contributed by atoms with Crippen LogP contribution in [0.5, 0.6) is 0 Å². The molecule has 2 heterocycles. The fourth-order valence-corrected chi connectivity index (χ4v) is 15.7. The van der Waals surface area contributed by atoms with E-state index in [-0.39, 0.29) is 101 Å². The van der Waals surface area contributed by atoms with Gasteiger partial charge in [-0.15, -0.1) is 12.4 Å². The molecule has 0 aromatic heterocycles. The molecule has 6 aromatic carbocycles. The third-order valence-corrected chi connectivity index (χ3v) is 22.5. The molecule has 18 nitrogen and oxygen atoms in total. The van der Waals surface area contributed by atoms with E-state index in [0.29, 0.717) is 85.7 Å². The molecular formula is C90H110ClF9N6O12. The molecule has 6 aromatic rings. The van der Waals surface area contributed by atoms with Crippen molar-refractivity contribution >= 4 is 71.2 Å². The maximum atomic E-state index is 13.9. The molecule has 11 rings (SSSR count). The second-order valence-corrected chi connectivity index (χ2v) is 32.2. The molecule has 3 saturated carbocycles. The summed E-state index contributed by atoms with van der Waals surface area (Å²) in [7, 11) is 0. The van der Waals surface area contributed by atoms with Crippen LogP contribution < -0.4 is 11.1 Å². The van der Waals surface area contributed by atoms with Crippen molar-refractivity contribution in [2.24, 2.45) is 51.2 Å². The summed E-state index contributed by atoms with van der Waals surface area (Å²) in [6, 6.07) is 34.3. The van der Waals surface area contributed by atoms with E-state index in [0.717, 1.165) is 123 Å². The first kappa shape index (κ1) is 97.1. The van der Waals surface area contributed by atoms with Crippen LogP contribution in [0.25, 0.3) is 0 Å². The van der Waals surface area contributed by atoms with Gasteiger partial charge in [0.05, 0.1) is 46.8 Å². The number of ketones is 1. The monoisotopic (exact) mass is 1670 g/mol. The number of hydrogen-bond acceptors (Lipinski definition) is 12. The highest BCUT2D eigenvalue weighted by molar-refractivity contribution is 6.47. The van der Waals surface area contributed by atoms with E-state index in [4.69, 9.17) is 35.8 Å². The highest BCUT2D eigenvalue weighted by Gasteiger charge is 2.53. The Labute approximate surface area is 690 Å². The Kier molecular flexibility index (Phi) is 35.2. The molecule has 3 fully saturated rings. The highest BCUT2D eigenvalue weighted by Crippen LogP contribution is 2.48. The van der Waals surface area contributed by atoms with Gasteiger partial charge in [0, 0.05) is 54.2 Å². The van der Waals surface area contributed by atoms with E-state index in [1.807, 2.05) is 32.9 Å². The molecule has 4 unspecified atom stereocenters. The number of carbonyl (C=O) groups excluding carboxylic acids is 5. The first-order valence-electron chi connectivity index (χ1n) is 39.9. The second kappa shape index (κ2) is 42.8. The number of rotatable bonds is 22. The summed E-state index contributed by atoms with van der Waals surface area (Å²) in [6.07, 6.45) is -1.81. The number of alkyl halides is 9. The molecule has 0 radical (unpaired) electrons. The second-order valence-electron chi connectivity index (χ2n) is 32.2. The number of aliphatic carboxylic acids is 2. The number of nitrogens with one attached hydrogen (secondary N) is 1. The van der Waals surface area contributed by atoms with Gasteiger partial charge in [0.2, 0.25) is 0 Å². The summed E-state index contributed by atoms with van der Waals surface area (Å²) in [4.78, 5) is 108. The number of amides is 3. The average molecular weight is 1670 g/mol. The number of ether oxygens (including phenoxy) is 1. The number of carboxylic acids is 3. The standard InChI is InChI=1S/C31H36F3N3O4.C28H31F3N2O3.C12H17NO2.C10H9F3O2.C9H16O.ClH/c1-19(2)22-11-14-30(15-12-22)36-27(24-5-4-6-25(18-24)31(32,33)34)29(41)37(30)20(3)17-21-7-9-23(10-8-21)28(40)35-16-13-26(38)39;1-17(2)20-11-13-27(14-12-20)32-24(22-5-4-6-23(16-22)28(29,30)31)25(34)33(27)18(3)15-19-7-9-21(10-8-19)26(35)36;1-3-15-12(14)11-6-4-10(5-7-11)8-9(2)13;1-6(9(14)15)7-3-2-4-8(5-7)10(11,12)13;1-7(2)8-3-5-9(10)6-4-8;/h4-10,18-20,22H,11-17H2,1-3H3,(H,35,40)(H,38,39);4-10,16-18,20H,11-15H2,1-3H3,(H,35,36);4-7,9H,3,8,13H2,1-2H3;2-6H,1H3,(H,14,15);7-8H,3-6H2,1-2H3;1H. The van der Waals surface area contributed by atoms with Gasteiger partial charge in [0.25, 0.3) is 17.7 Å². The molecule has 0 bridgehead atoms. The molecule has 3 aliphatic carbocycles. The SMILES string of the molecule is CC(C(=O)O)c1cccc(C(F)(F)F)c1.CC(C)C1CCC(=O)CC1.CC(C)C1CCC2(CC1)N=C(c1cccc(C(F)(F)F)c1)C(=O)N2C(C)Cc1ccc(C(=O)NCCC(=O)O)cc1.CC(C)C1CCC2(CC1)N=C(c1cccc(C(F)(F)F)c1)C(=O)N2C(C)Cc1ccc(C(=O)O)cc1.CCOC(=O)c1ccc(CC(C)N)cc1.Cl. The third kappa shape index (κ3) is 26.9. The van der Waals surface area contributed by atoms with Crippen LogP contribution in [0, 0.1) is 35.5 Å². The van der Waals surface area contributed by atoms with Crippen molar-refractivity contribution < 1.29 is 97.9 Å². The number of hydrogen-bond donors (Lipinski definition) is 5. The van der Waals surface area contributed by atoms with E-state index >= 15 is 0 Å². The molecular weight excluding hydrogens is 1560 g/mol. The number of aromatic carboxylic acids is 1. The smallest absolute Gasteiger partial charge is 0.416 e. The number of esters is 1. The predicted molar refractivity (Wildman–Crippen MR) is 436 cm³/mol. The lowest BCUT2D eigenvalue weighted by atomic mass is 9.76. The number of carboxylic acid groups (broad SMARTS) is 3. The van der Waals surface area contributed by atoms with E-state index in [9.17, 15) is 77.9 Å². The molecule has 642 valence electrons. The molecule has 118 heavy (non-hydrogen) atoms. The van der Waals surface area contributed by atoms with E-state index in [1.54, 1.807) is 65.3 Å². The first-order valence-corrected chi connectivity index (χ1v) is 39.9. The van der Waals surface area contributed by atoms with E-state index < -0.39 is 70.4 Å². The minimum atomic E-state index is -4.53. The number of Topliss-reactive ketones (excluding diaryl/α,β-unsaturated/α-hetero) is 1. The number of benzene rings is 6. The van der Waals surface area contributed by atoms with Crippen molar-refractivity contribution in [2.45, 2.75) is 233 Å². The van der Waals surface area contributed by atoms with E-state index in [2.05, 4.69) is 46.9 Å². The Balaban J connectivity index is 0.000000251. The van der Waals surface area contributed by atoms with Gasteiger partial charge in [-0.2, -0.15) is 39.5 Å². The number of carbonyl (C=O) groups is 8. The maximum absolute atomic E-state index is 13.9. The van der Waals surface area contributed by atoms with E-state index in [1.165, 1.54) is 55.5 Å². The molecule has 2 spiro atoms. The summed E-state index contributed by atoms with van der Waals surface area (Å²) in [5.74, 6) is -1.40. The van der Waals surface area contributed by atoms with Crippen molar-refractivity contribution in [1.82, 2.24) is 15.1 Å². The Hall–Kier alpha value is -9.76. The molecule has 4 atom stereocenters. The van der Waals surface area contributed by atoms with Crippen LogP contribution in [0.1, 0.15) is 247 Å². The molecule has 3 amide bonds. The number of nitrogens with two attached hydrogens (primary N) is 1. The van der Waals surface area contributed by atoms with Crippen LogP contribution in [-0.2, 0) is 66.5 Å². The summed E-state index contributed by atoms with van der Waals surface area (Å²) in [5, 5.41) is 29.1. The number of aliphatic imine (C=N–C) groups is 2. The highest BCUT2D eigenvalue weighted by atomic mass is 35.5. The van der Waals surface area contributed by atoms with Gasteiger partial charge in [-0.3, -0.25) is 38.8 Å². The fraction of sp³-hybridized carbons (Fsp3) is 0.489. The number of nitrogens with zero attached hydrogens (tertiary/aromatic N) is 4. The zero-order valence-corrected chi connectivity index (χ0v) is 69.4.